The second kappa shape index (κ2) is 6.81. The number of hydrogen-bond donors (Lipinski definition) is 1. The molecule has 2 atom stereocenters. The maximum atomic E-state index is 8.48. The van der Waals surface area contributed by atoms with Gasteiger partial charge < -0.3 is 5.32 Å². The Kier molecular flexibility index (Phi) is 5.31. The van der Waals surface area contributed by atoms with Crippen molar-refractivity contribution in [1.82, 2.24) is 5.32 Å². The molecule has 1 fully saturated rings. The van der Waals surface area contributed by atoms with Gasteiger partial charge in [-0.25, -0.2) is 0 Å². The fourth-order valence-corrected chi connectivity index (χ4v) is 1.87. The number of nitrogens with zero attached hydrogens (tertiary/aromatic N) is 1. The largest absolute Gasteiger partial charge is 0.309 e. The first-order valence-corrected chi connectivity index (χ1v) is 5.53. The molecule has 1 saturated heterocycles. The molecular weight excluding hydrogens is 196 g/mol. The maximum Gasteiger partial charge on any atom is 0.0663 e. The number of hydrogen-bond acceptors (Lipinski definition) is 2. The Hall–Kier alpha value is -1.59. The van der Waals surface area contributed by atoms with Gasteiger partial charge >= 0.3 is 0 Å². The number of allylic oxidation sites excluding steroid dienone is 3. The zero-order valence-electron chi connectivity index (χ0n) is 9.52. The van der Waals surface area contributed by atoms with Crippen molar-refractivity contribution >= 4 is 0 Å². The highest BCUT2D eigenvalue weighted by Crippen LogP contribution is 2.21. The summed E-state index contributed by atoms with van der Waals surface area (Å²) in [6.07, 6.45) is 11.2. The minimum Gasteiger partial charge on any atom is -0.309 e. The van der Waals surface area contributed by atoms with Crippen molar-refractivity contribution < 1.29 is 0 Å². The molecule has 0 aromatic carbocycles. The van der Waals surface area contributed by atoms with Crippen LogP contribution in [0.5, 0.6) is 0 Å². The Morgan fingerprint density at radius 3 is 2.88 bits per heavy atom. The van der Waals surface area contributed by atoms with Crippen LogP contribution < -0.4 is 5.32 Å². The highest BCUT2D eigenvalue weighted by atomic mass is 14.9. The van der Waals surface area contributed by atoms with Crippen LogP contribution in [0.3, 0.4) is 0 Å². The van der Waals surface area contributed by atoms with Crippen molar-refractivity contribution in [3.05, 3.63) is 49.1 Å². The van der Waals surface area contributed by atoms with E-state index in [0.717, 1.165) is 13.0 Å². The summed E-state index contributed by atoms with van der Waals surface area (Å²) in [6.45, 7) is 8.51. The minimum absolute atomic E-state index is 0.357. The summed E-state index contributed by atoms with van der Waals surface area (Å²) in [5, 5.41) is 11.9. The molecule has 1 heterocycles. The molecule has 84 valence electrons. The van der Waals surface area contributed by atoms with Crippen molar-refractivity contribution in [2.45, 2.75) is 18.9 Å². The molecule has 1 aliphatic rings. The van der Waals surface area contributed by atoms with Crippen LogP contribution in [0, 0.1) is 17.2 Å². The lowest BCUT2D eigenvalue weighted by Gasteiger charge is -2.11. The zero-order chi connectivity index (χ0) is 11.8. The average molecular weight is 214 g/mol. The first-order valence-electron chi connectivity index (χ1n) is 5.53. The number of nitriles is 1. The third-order valence-electron chi connectivity index (χ3n) is 2.73. The van der Waals surface area contributed by atoms with Crippen LogP contribution in [0.15, 0.2) is 49.1 Å². The van der Waals surface area contributed by atoms with Gasteiger partial charge in [0.25, 0.3) is 0 Å². The van der Waals surface area contributed by atoms with Crippen LogP contribution in [-0.4, -0.2) is 12.6 Å². The molecule has 1 aliphatic heterocycles. The summed E-state index contributed by atoms with van der Waals surface area (Å²) < 4.78 is 0. The highest BCUT2D eigenvalue weighted by Gasteiger charge is 2.23. The van der Waals surface area contributed by atoms with Gasteiger partial charge in [-0.15, -0.1) is 6.58 Å². The molecule has 0 saturated carbocycles. The first kappa shape index (κ1) is 12.5. The lowest BCUT2D eigenvalue weighted by molar-refractivity contribution is 0.689. The van der Waals surface area contributed by atoms with Gasteiger partial charge in [0.1, 0.15) is 0 Å². The van der Waals surface area contributed by atoms with Crippen LogP contribution in [0.4, 0.5) is 0 Å². The fourth-order valence-electron chi connectivity index (χ4n) is 1.87. The number of nitrogens with one attached hydrogen (secondary N) is 1. The molecule has 1 N–H and O–H groups in total. The monoisotopic (exact) mass is 214 g/mol. The van der Waals surface area contributed by atoms with Gasteiger partial charge in [-0.3, -0.25) is 0 Å². The molecular formula is C14H18N2. The molecule has 2 nitrogen and oxygen atoms in total. The van der Waals surface area contributed by atoms with E-state index < -0.39 is 0 Å². The third-order valence-corrected chi connectivity index (χ3v) is 2.73. The van der Waals surface area contributed by atoms with E-state index >= 15 is 0 Å². The molecule has 0 bridgehead atoms. The van der Waals surface area contributed by atoms with Crippen molar-refractivity contribution in [2.24, 2.45) is 5.92 Å². The first-order chi connectivity index (χ1) is 7.81. The molecule has 0 aliphatic carbocycles. The second-order valence-electron chi connectivity index (χ2n) is 3.86. The van der Waals surface area contributed by atoms with E-state index in [9.17, 15) is 0 Å². The van der Waals surface area contributed by atoms with Crippen LogP contribution in [-0.2, 0) is 0 Å². The Labute approximate surface area is 97.7 Å². The van der Waals surface area contributed by atoms with E-state index in [1.165, 1.54) is 5.57 Å². The summed E-state index contributed by atoms with van der Waals surface area (Å²) in [4.78, 5) is 0. The molecule has 0 spiro atoms. The molecule has 0 aromatic rings. The van der Waals surface area contributed by atoms with Crippen LogP contribution in [0.1, 0.15) is 12.8 Å². The summed E-state index contributed by atoms with van der Waals surface area (Å²) >= 11 is 0. The predicted molar refractivity (Wildman–Crippen MR) is 67.7 cm³/mol. The van der Waals surface area contributed by atoms with Gasteiger partial charge in [0.15, 0.2) is 0 Å². The van der Waals surface area contributed by atoms with Gasteiger partial charge in [0.05, 0.1) is 12.5 Å². The lowest BCUT2D eigenvalue weighted by atomic mass is 9.99. The normalized spacial score (nSPS) is 25.6. The summed E-state index contributed by atoms with van der Waals surface area (Å²) in [7, 11) is 0. The van der Waals surface area contributed by atoms with Crippen LogP contribution >= 0.6 is 0 Å². The molecule has 0 amide bonds. The Balaban J connectivity index is 2.65. The molecule has 2 unspecified atom stereocenters. The Bertz CT molecular complexity index is 344. The van der Waals surface area contributed by atoms with Gasteiger partial charge in [-0.05, 0) is 17.9 Å². The molecule has 1 rings (SSSR count). The molecule has 2 heteroatoms. The minimum atomic E-state index is 0.357. The molecule has 0 radical (unpaired) electrons. The lowest BCUT2D eigenvalue weighted by Crippen LogP contribution is -2.22. The Morgan fingerprint density at radius 1 is 1.50 bits per heavy atom. The average Bonchev–Trinajstić information content (AvgIpc) is 2.76. The van der Waals surface area contributed by atoms with E-state index in [-0.39, 0.29) is 0 Å². The zero-order valence-corrected chi connectivity index (χ0v) is 9.52. The predicted octanol–water partition coefficient (Wildman–Crippen LogP) is 2.73. The molecule has 16 heavy (non-hydrogen) atoms. The van der Waals surface area contributed by atoms with Gasteiger partial charge in [-0.2, -0.15) is 5.26 Å². The van der Waals surface area contributed by atoms with E-state index in [2.05, 4.69) is 24.5 Å². The van der Waals surface area contributed by atoms with Crippen molar-refractivity contribution in [3.8, 4) is 6.07 Å². The van der Waals surface area contributed by atoms with E-state index in [0.29, 0.717) is 18.4 Å². The van der Waals surface area contributed by atoms with Crippen LogP contribution in [0.2, 0.25) is 0 Å². The van der Waals surface area contributed by atoms with Gasteiger partial charge in [0.2, 0.25) is 0 Å². The van der Waals surface area contributed by atoms with Crippen molar-refractivity contribution in [3.63, 3.8) is 0 Å². The Morgan fingerprint density at radius 2 is 2.31 bits per heavy atom. The maximum absolute atomic E-state index is 8.48. The third kappa shape index (κ3) is 3.52. The van der Waals surface area contributed by atoms with E-state index in [1.54, 1.807) is 6.08 Å². The number of rotatable bonds is 5. The highest BCUT2D eigenvalue weighted by molar-refractivity contribution is 5.30. The fraction of sp³-hybridized carbons (Fsp3) is 0.357. The molecule has 0 aromatic heterocycles. The van der Waals surface area contributed by atoms with E-state index in [4.69, 9.17) is 5.26 Å². The SMILES string of the molecule is C=C/C=C(\C=C/CC#N)C1CC(C=C)CN1. The van der Waals surface area contributed by atoms with Crippen LogP contribution in [0.25, 0.3) is 0 Å². The summed E-state index contributed by atoms with van der Waals surface area (Å²) in [5.74, 6) is 0.544. The summed E-state index contributed by atoms with van der Waals surface area (Å²) in [5.41, 5.74) is 1.19. The summed E-state index contributed by atoms with van der Waals surface area (Å²) in [6, 6.07) is 2.46. The van der Waals surface area contributed by atoms with Gasteiger partial charge in [0, 0.05) is 12.6 Å². The van der Waals surface area contributed by atoms with Crippen molar-refractivity contribution in [2.75, 3.05) is 6.54 Å². The second-order valence-corrected chi connectivity index (χ2v) is 3.86. The van der Waals surface area contributed by atoms with E-state index in [1.807, 2.05) is 24.3 Å². The van der Waals surface area contributed by atoms with Crippen molar-refractivity contribution in [1.29, 1.82) is 5.26 Å². The quantitative estimate of drug-likeness (QED) is 0.564. The topological polar surface area (TPSA) is 35.8 Å². The smallest absolute Gasteiger partial charge is 0.0663 e. The standard InChI is InChI=1S/C14H18N2/c1-3-7-13(8-5-6-9-15)14-10-12(4-2)11-16-14/h3-5,7-8,12,14,16H,1-2,6,10-11H2/b8-5-,13-7+. The van der Waals surface area contributed by atoms with Gasteiger partial charge in [-0.1, -0.05) is 37.0 Å².